The lowest BCUT2D eigenvalue weighted by Gasteiger charge is -2.42. The van der Waals surface area contributed by atoms with Crippen LogP contribution in [0, 0.1) is 11.6 Å². The minimum atomic E-state index is -1.03. The van der Waals surface area contributed by atoms with Gasteiger partial charge in [0.1, 0.15) is 11.9 Å². The molecule has 196 valence electrons. The van der Waals surface area contributed by atoms with E-state index < -0.39 is 23.7 Å². The maximum absolute atomic E-state index is 14.5. The van der Waals surface area contributed by atoms with E-state index in [1.54, 1.807) is 12.1 Å². The minimum absolute atomic E-state index is 0.0284. The van der Waals surface area contributed by atoms with Gasteiger partial charge in [0.25, 0.3) is 0 Å². The molecule has 4 nitrogen and oxygen atoms in total. The van der Waals surface area contributed by atoms with Gasteiger partial charge in [0.2, 0.25) is 0 Å². The Kier molecular flexibility index (Phi) is 7.43. The molecule has 0 heterocycles. The van der Waals surface area contributed by atoms with Gasteiger partial charge < -0.3 is 14.6 Å². The molecule has 3 aromatic rings. The molecule has 0 spiro atoms. The molecule has 0 saturated carbocycles. The second-order valence-corrected chi connectivity index (χ2v) is 11.0. The third-order valence-corrected chi connectivity index (χ3v) is 7.46. The van der Waals surface area contributed by atoms with Crippen molar-refractivity contribution in [3.63, 3.8) is 0 Å². The lowest BCUT2D eigenvalue weighted by Crippen LogP contribution is -2.34. The van der Waals surface area contributed by atoms with Crippen LogP contribution in [-0.4, -0.2) is 17.7 Å². The van der Waals surface area contributed by atoms with Gasteiger partial charge in [0, 0.05) is 11.1 Å². The van der Waals surface area contributed by atoms with Crippen LogP contribution in [0.3, 0.4) is 0 Å². The number of hydrogen-bond donors (Lipinski definition) is 1. The first-order valence-electron chi connectivity index (χ1n) is 12.6. The van der Waals surface area contributed by atoms with E-state index in [0.29, 0.717) is 17.9 Å². The molecule has 0 fully saturated rings. The highest BCUT2D eigenvalue weighted by atomic mass is 19.2. The van der Waals surface area contributed by atoms with Crippen molar-refractivity contribution in [3.8, 4) is 5.75 Å². The first-order valence-corrected chi connectivity index (χ1v) is 12.6. The van der Waals surface area contributed by atoms with E-state index in [-0.39, 0.29) is 28.6 Å². The minimum Gasteiger partial charge on any atom is -0.493 e. The van der Waals surface area contributed by atoms with Crippen LogP contribution >= 0.6 is 0 Å². The molecular weight excluding hydrogens is 474 g/mol. The van der Waals surface area contributed by atoms with E-state index in [1.165, 1.54) is 35.4 Å². The van der Waals surface area contributed by atoms with Crippen molar-refractivity contribution < 1.29 is 28.2 Å². The summed E-state index contributed by atoms with van der Waals surface area (Å²) in [7, 11) is 0. The predicted octanol–water partition coefficient (Wildman–Crippen LogP) is 7.72. The maximum Gasteiger partial charge on any atom is 0.335 e. The number of aromatic carboxylic acids is 1. The number of rotatable bonds is 8. The van der Waals surface area contributed by atoms with E-state index in [2.05, 4.69) is 39.8 Å². The molecule has 1 unspecified atom stereocenters. The number of halogens is 2. The standard InChI is InChI=1S/C31H34F2O4/c1-6-36-26-17-24-23(30(2,3)14-15-31(24,4)5)16-22(26)28(19-10-12-20(13-11-19)29(34)35)37-18-21-8-7-9-25(32)27(21)33/h7-13,16-17,28H,6,14-15,18H2,1-5H3,(H,34,35). The normalized spacial score (nSPS) is 16.6. The molecule has 1 atom stereocenters. The highest BCUT2D eigenvalue weighted by molar-refractivity contribution is 5.87. The Morgan fingerprint density at radius 3 is 2.19 bits per heavy atom. The molecule has 3 aromatic carbocycles. The monoisotopic (exact) mass is 508 g/mol. The third-order valence-electron chi connectivity index (χ3n) is 7.46. The number of ether oxygens (including phenoxy) is 2. The van der Waals surface area contributed by atoms with Gasteiger partial charge in [-0.15, -0.1) is 0 Å². The van der Waals surface area contributed by atoms with Gasteiger partial charge in [0.15, 0.2) is 11.6 Å². The summed E-state index contributed by atoms with van der Waals surface area (Å²) in [6, 6.07) is 14.7. The predicted molar refractivity (Wildman–Crippen MR) is 139 cm³/mol. The first-order chi connectivity index (χ1) is 17.4. The molecule has 6 heteroatoms. The second-order valence-electron chi connectivity index (χ2n) is 11.0. The molecule has 1 N–H and O–H groups in total. The van der Waals surface area contributed by atoms with Gasteiger partial charge in [0.05, 0.1) is 18.8 Å². The number of fused-ring (bicyclic) bond motifs is 1. The zero-order chi connectivity index (χ0) is 27.0. The highest BCUT2D eigenvalue weighted by Gasteiger charge is 2.39. The van der Waals surface area contributed by atoms with Crippen molar-refractivity contribution in [2.75, 3.05) is 6.61 Å². The van der Waals surface area contributed by atoms with E-state index in [4.69, 9.17) is 9.47 Å². The van der Waals surface area contributed by atoms with E-state index in [9.17, 15) is 18.7 Å². The Morgan fingerprint density at radius 1 is 0.973 bits per heavy atom. The topological polar surface area (TPSA) is 55.8 Å². The average molecular weight is 509 g/mol. The molecule has 0 amide bonds. The SMILES string of the molecule is CCOc1cc2c(cc1C(OCc1cccc(F)c1F)c1ccc(C(=O)O)cc1)C(C)(C)CCC2(C)C. The summed E-state index contributed by atoms with van der Waals surface area (Å²) in [6.07, 6.45) is 1.37. The van der Waals surface area contributed by atoms with Gasteiger partial charge in [-0.1, -0.05) is 52.0 Å². The first kappa shape index (κ1) is 26.8. The van der Waals surface area contributed by atoms with E-state index in [1.807, 2.05) is 6.92 Å². The summed E-state index contributed by atoms with van der Waals surface area (Å²) in [4.78, 5) is 11.4. The Balaban J connectivity index is 1.87. The summed E-state index contributed by atoms with van der Waals surface area (Å²) < 4.78 is 40.8. The molecule has 0 saturated heterocycles. The van der Waals surface area contributed by atoms with Crippen molar-refractivity contribution in [2.45, 2.75) is 71.0 Å². The highest BCUT2D eigenvalue weighted by Crippen LogP contribution is 2.49. The van der Waals surface area contributed by atoms with Crippen molar-refractivity contribution >= 4 is 5.97 Å². The molecule has 4 rings (SSSR count). The summed E-state index contributed by atoms with van der Waals surface area (Å²) >= 11 is 0. The van der Waals surface area contributed by atoms with E-state index in [0.717, 1.165) is 24.5 Å². The van der Waals surface area contributed by atoms with Crippen LogP contribution in [0.1, 0.15) is 91.7 Å². The number of carbonyl (C=O) groups is 1. The van der Waals surface area contributed by atoms with Gasteiger partial charge in [-0.25, -0.2) is 13.6 Å². The second kappa shape index (κ2) is 10.3. The summed E-state index contributed by atoms with van der Waals surface area (Å²) in [6.45, 7) is 11.1. The van der Waals surface area contributed by atoms with Crippen LogP contribution in [0.4, 0.5) is 8.78 Å². The third kappa shape index (κ3) is 5.40. The zero-order valence-electron chi connectivity index (χ0n) is 22.0. The van der Waals surface area contributed by atoms with Crippen molar-refractivity contribution in [1.82, 2.24) is 0 Å². The Labute approximate surface area is 217 Å². The molecule has 0 aliphatic heterocycles. The van der Waals surface area contributed by atoms with Gasteiger partial charge >= 0.3 is 5.97 Å². The van der Waals surface area contributed by atoms with Gasteiger partial charge in [-0.2, -0.15) is 0 Å². The largest absolute Gasteiger partial charge is 0.493 e. The molecule has 0 radical (unpaired) electrons. The lowest BCUT2D eigenvalue weighted by atomic mass is 9.62. The lowest BCUT2D eigenvalue weighted by molar-refractivity contribution is 0.0621. The number of hydrogen-bond acceptors (Lipinski definition) is 3. The number of benzene rings is 3. The zero-order valence-corrected chi connectivity index (χ0v) is 22.0. The molecular formula is C31H34F2O4. The van der Waals surface area contributed by atoms with Crippen LogP contribution in [0.15, 0.2) is 54.6 Å². The van der Waals surface area contributed by atoms with Crippen LogP contribution in [-0.2, 0) is 22.2 Å². The van der Waals surface area contributed by atoms with Crippen molar-refractivity contribution in [2.24, 2.45) is 0 Å². The summed E-state index contributed by atoms with van der Waals surface area (Å²) in [5, 5.41) is 9.36. The van der Waals surface area contributed by atoms with Crippen molar-refractivity contribution in [3.05, 3.63) is 99.6 Å². The Bertz CT molecular complexity index is 1300. The van der Waals surface area contributed by atoms with E-state index >= 15 is 0 Å². The maximum atomic E-state index is 14.5. The van der Waals surface area contributed by atoms with Crippen LogP contribution in [0.25, 0.3) is 0 Å². The van der Waals surface area contributed by atoms with Crippen LogP contribution in [0.5, 0.6) is 5.75 Å². The molecule has 0 bridgehead atoms. The smallest absolute Gasteiger partial charge is 0.335 e. The van der Waals surface area contributed by atoms with Crippen LogP contribution in [0.2, 0.25) is 0 Å². The Hall–Kier alpha value is -3.25. The molecule has 0 aromatic heterocycles. The molecule has 37 heavy (non-hydrogen) atoms. The van der Waals surface area contributed by atoms with Gasteiger partial charge in [-0.05, 0) is 77.6 Å². The van der Waals surface area contributed by atoms with Crippen LogP contribution < -0.4 is 4.74 Å². The fourth-order valence-corrected chi connectivity index (χ4v) is 5.10. The summed E-state index contributed by atoms with van der Waals surface area (Å²) in [5.41, 5.74) is 4.04. The fraction of sp³-hybridized carbons (Fsp3) is 0.387. The molecule has 1 aliphatic rings. The number of carboxylic acids is 1. The van der Waals surface area contributed by atoms with Crippen molar-refractivity contribution in [1.29, 1.82) is 0 Å². The quantitative estimate of drug-likeness (QED) is 0.338. The number of carboxylic acid groups (broad SMARTS) is 1. The average Bonchev–Trinajstić information content (AvgIpc) is 2.85. The molecule has 1 aliphatic carbocycles. The summed E-state index contributed by atoms with van der Waals surface area (Å²) in [5.74, 6) is -2.24. The fourth-order valence-electron chi connectivity index (χ4n) is 5.10. The Morgan fingerprint density at radius 2 is 1.59 bits per heavy atom. The van der Waals surface area contributed by atoms with Gasteiger partial charge in [-0.3, -0.25) is 0 Å².